The zero-order chi connectivity index (χ0) is 11.3. The molecule has 2 atom stereocenters. The van der Waals surface area contributed by atoms with Crippen LogP contribution >= 0.6 is 0 Å². The summed E-state index contributed by atoms with van der Waals surface area (Å²) in [5.41, 5.74) is 6.07. The van der Waals surface area contributed by atoms with Gasteiger partial charge in [-0.25, -0.2) is 4.39 Å². The van der Waals surface area contributed by atoms with Gasteiger partial charge in [0.2, 0.25) is 0 Å². The number of rotatable bonds is 5. The second-order valence-electron chi connectivity index (χ2n) is 3.65. The van der Waals surface area contributed by atoms with Crippen molar-refractivity contribution in [2.75, 3.05) is 5.75 Å². The zero-order valence-electron chi connectivity index (χ0n) is 8.78. The molecule has 0 saturated carbocycles. The summed E-state index contributed by atoms with van der Waals surface area (Å²) in [7, 11) is -1.02. The molecule has 2 unspecified atom stereocenters. The summed E-state index contributed by atoms with van der Waals surface area (Å²) < 4.78 is 24.7. The van der Waals surface area contributed by atoms with Crippen LogP contribution in [0.4, 0.5) is 4.39 Å². The van der Waals surface area contributed by atoms with Crippen LogP contribution in [0.5, 0.6) is 0 Å². The van der Waals surface area contributed by atoms with Crippen molar-refractivity contribution in [3.05, 3.63) is 35.6 Å². The highest BCUT2D eigenvalue weighted by Gasteiger charge is 2.06. The fourth-order valence-corrected chi connectivity index (χ4v) is 2.54. The van der Waals surface area contributed by atoms with Crippen LogP contribution in [0.3, 0.4) is 0 Å². The van der Waals surface area contributed by atoms with Crippen LogP contribution < -0.4 is 5.73 Å². The Morgan fingerprint density at radius 1 is 1.47 bits per heavy atom. The number of hydrogen-bond acceptors (Lipinski definition) is 2. The van der Waals surface area contributed by atoms with Gasteiger partial charge in [-0.05, 0) is 19.4 Å². The molecule has 2 N–H and O–H groups in total. The van der Waals surface area contributed by atoms with Crippen molar-refractivity contribution in [1.29, 1.82) is 0 Å². The van der Waals surface area contributed by atoms with Gasteiger partial charge in [0, 0.05) is 28.2 Å². The Hall–Kier alpha value is -0.740. The number of hydrogen-bond donors (Lipinski definition) is 1. The highest BCUT2D eigenvalue weighted by Crippen LogP contribution is 2.09. The van der Waals surface area contributed by atoms with E-state index in [1.54, 1.807) is 18.2 Å². The lowest BCUT2D eigenvalue weighted by atomic mass is 10.2. The molecule has 0 fully saturated rings. The van der Waals surface area contributed by atoms with Crippen LogP contribution in [-0.4, -0.2) is 16.0 Å². The predicted molar refractivity (Wildman–Crippen MR) is 61.4 cm³/mol. The van der Waals surface area contributed by atoms with E-state index in [2.05, 4.69) is 0 Å². The normalized spacial score (nSPS) is 14.9. The summed E-state index contributed by atoms with van der Waals surface area (Å²) in [5.74, 6) is 0.525. The minimum Gasteiger partial charge on any atom is -0.328 e. The van der Waals surface area contributed by atoms with Gasteiger partial charge in [0.25, 0.3) is 0 Å². The lowest BCUT2D eigenvalue weighted by Crippen LogP contribution is -2.18. The second kappa shape index (κ2) is 5.98. The van der Waals surface area contributed by atoms with E-state index in [4.69, 9.17) is 5.73 Å². The third kappa shape index (κ3) is 4.53. The third-order valence-electron chi connectivity index (χ3n) is 2.08. The first-order chi connectivity index (χ1) is 7.09. The largest absolute Gasteiger partial charge is 0.328 e. The molecule has 0 saturated heterocycles. The van der Waals surface area contributed by atoms with Crippen LogP contribution in [0, 0.1) is 5.82 Å². The minimum atomic E-state index is -1.02. The summed E-state index contributed by atoms with van der Waals surface area (Å²) in [4.78, 5) is 0. The van der Waals surface area contributed by atoms with Crippen molar-refractivity contribution in [3.63, 3.8) is 0 Å². The molecule has 0 aliphatic rings. The Kier molecular flexibility index (Phi) is 4.91. The molecule has 0 heterocycles. The van der Waals surface area contributed by atoms with E-state index in [9.17, 15) is 8.60 Å². The minimum absolute atomic E-state index is 0.0505. The van der Waals surface area contributed by atoms with Gasteiger partial charge in [0.1, 0.15) is 5.82 Å². The molecule has 0 aliphatic carbocycles. The smallest absolute Gasteiger partial charge is 0.127 e. The fraction of sp³-hybridized carbons (Fsp3) is 0.455. The maximum Gasteiger partial charge on any atom is 0.127 e. The molecule has 84 valence electrons. The van der Waals surface area contributed by atoms with Gasteiger partial charge in [0.05, 0.1) is 5.75 Å². The SMILES string of the molecule is CC(N)CCS(=O)Cc1ccccc1F. The Bertz CT molecular complexity index is 341. The van der Waals surface area contributed by atoms with Crippen molar-refractivity contribution in [2.45, 2.75) is 25.1 Å². The molecular formula is C11H16FNOS. The van der Waals surface area contributed by atoms with E-state index in [1.165, 1.54) is 6.07 Å². The predicted octanol–water partition coefficient (Wildman–Crippen LogP) is 1.81. The maximum absolute atomic E-state index is 13.2. The standard InChI is InChI=1S/C11H16FNOS/c1-9(13)6-7-15(14)8-10-4-2-3-5-11(10)12/h2-5,9H,6-8,13H2,1H3. The third-order valence-corrected chi connectivity index (χ3v) is 3.40. The van der Waals surface area contributed by atoms with Gasteiger partial charge in [-0.15, -0.1) is 0 Å². The van der Waals surface area contributed by atoms with Gasteiger partial charge in [0.15, 0.2) is 0 Å². The van der Waals surface area contributed by atoms with E-state index < -0.39 is 10.8 Å². The maximum atomic E-state index is 13.2. The van der Waals surface area contributed by atoms with Gasteiger partial charge in [-0.2, -0.15) is 0 Å². The average molecular weight is 229 g/mol. The molecule has 0 spiro atoms. The van der Waals surface area contributed by atoms with Crippen LogP contribution in [0.1, 0.15) is 18.9 Å². The second-order valence-corrected chi connectivity index (χ2v) is 5.22. The van der Waals surface area contributed by atoms with Crippen LogP contribution in [-0.2, 0) is 16.6 Å². The van der Waals surface area contributed by atoms with Crippen LogP contribution in [0.15, 0.2) is 24.3 Å². The van der Waals surface area contributed by atoms with Gasteiger partial charge in [-0.3, -0.25) is 4.21 Å². The quantitative estimate of drug-likeness (QED) is 0.836. The monoisotopic (exact) mass is 229 g/mol. The topological polar surface area (TPSA) is 43.1 Å². The van der Waals surface area contributed by atoms with Crippen molar-refractivity contribution < 1.29 is 8.60 Å². The van der Waals surface area contributed by atoms with Crippen molar-refractivity contribution in [2.24, 2.45) is 5.73 Å². The zero-order valence-corrected chi connectivity index (χ0v) is 9.60. The van der Waals surface area contributed by atoms with E-state index in [0.29, 0.717) is 17.7 Å². The molecule has 1 aromatic carbocycles. The number of halogens is 1. The summed E-state index contributed by atoms with van der Waals surface area (Å²) in [6.07, 6.45) is 0.709. The molecule has 0 radical (unpaired) electrons. The van der Waals surface area contributed by atoms with Crippen LogP contribution in [0.2, 0.25) is 0 Å². The average Bonchev–Trinajstić information content (AvgIpc) is 2.18. The Morgan fingerprint density at radius 2 is 2.13 bits per heavy atom. The Morgan fingerprint density at radius 3 is 2.73 bits per heavy atom. The molecule has 4 heteroatoms. The first-order valence-corrected chi connectivity index (χ1v) is 6.42. The molecule has 0 aliphatic heterocycles. The fourth-order valence-electron chi connectivity index (χ4n) is 1.18. The molecule has 1 aromatic rings. The number of nitrogens with two attached hydrogens (primary N) is 1. The highest BCUT2D eigenvalue weighted by atomic mass is 32.2. The van der Waals surface area contributed by atoms with E-state index in [1.807, 2.05) is 6.92 Å². The first-order valence-electron chi connectivity index (χ1n) is 4.93. The molecule has 0 aromatic heterocycles. The van der Waals surface area contributed by atoms with Crippen LogP contribution in [0.25, 0.3) is 0 Å². The molecule has 1 rings (SSSR count). The Balaban J connectivity index is 2.48. The van der Waals surface area contributed by atoms with Gasteiger partial charge < -0.3 is 5.73 Å². The van der Waals surface area contributed by atoms with Gasteiger partial charge in [-0.1, -0.05) is 18.2 Å². The number of benzene rings is 1. The summed E-state index contributed by atoms with van der Waals surface area (Å²) >= 11 is 0. The van der Waals surface area contributed by atoms with Crippen molar-refractivity contribution >= 4 is 10.8 Å². The van der Waals surface area contributed by atoms with E-state index >= 15 is 0 Å². The van der Waals surface area contributed by atoms with E-state index in [0.717, 1.165) is 0 Å². The lowest BCUT2D eigenvalue weighted by Gasteiger charge is -2.05. The van der Waals surface area contributed by atoms with Gasteiger partial charge >= 0.3 is 0 Å². The Labute approximate surface area is 92.1 Å². The van der Waals surface area contributed by atoms with Crippen molar-refractivity contribution in [1.82, 2.24) is 0 Å². The summed E-state index contributed by atoms with van der Waals surface area (Å²) in [6, 6.07) is 6.48. The summed E-state index contributed by atoms with van der Waals surface area (Å²) in [5, 5.41) is 0. The molecule has 15 heavy (non-hydrogen) atoms. The molecular weight excluding hydrogens is 213 g/mol. The highest BCUT2D eigenvalue weighted by molar-refractivity contribution is 7.84. The molecule has 2 nitrogen and oxygen atoms in total. The molecule has 0 bridgehead atoms. The lowest BCUT2D eigenvalue weighted by molar-refractivity contribution is 0.614. The van der Waals surface area contributed by atoms with Crippen molar-refractivity contribution in [3.8, 4) is 0 Å². The first kappa shape index (κ1) is 12.3. The summed E-state index contributed by atoms with van der Waals surface area (Å²) in [6.45, 7) is 1.88. The molecule has 0 amide bonds. The van der Waals surface area contributed by atoms with E-state index in [-0.39, 0.29) is 17.6 Å².